The minimum Gasteiger partial charge on any atom is -0.496 e. The Morgan fingerprint density at radius 2 is 1.64 bits per heavy atom. The standard InChI is InChI=1S/C42H37ClN8O5/c1-25-8-5-6-9-31(25)32-10-7-13-42(39(32)43,51-40(52)34-20-35(53-2)28(24-49-34)23-48-30-12-15-46-37(19-30)55-4)41-50-33-17-26(16-27(21-44)38(33)56-41)22-47-29-11-14-45-36(18-29)54-3/h5-20,24,39H,22-23H2,1-4H3,(H,45,47)(H,46,48)(H,51,52). The Morgan fingerprint density at radius 1 is 0.929 bits per heavy atom. The number of fused-ring (bicyclic) bond motifs is 1. The molecule has 0 fully saturated rings. The highest BCUT2D eigenvalue weighted by Crippen LogP contribution is 2.43. The van der Waals surface area contributed by atoms with Crippen molar-refractivity contribution in [1.82, 2.24) is 25.3 Å². The number of carbonyl (C=O) groups excluding carboxylic acids is 1. The van der Waals surface area contributed by atoms with E-state index in [9.17, 15) is 10.1 Å². The van der Waals surface area contributed by atoms with Crippen molar-refractivity contribution < 1.29 is 23.4 Å². The molecule has 6 aromatic rings. The van der Waals surface area contributed by atoms with Crippen LogP contribution in [0.4, 0.5) is 11.4 Å². The van der Waals surface area contributed by atoms with E-state index in [2.05, 4.69) is 37.0 Å². The molecule has 1 aliphatic rings. The van der Waals surface area contributed by atoms with Crippen LogP contribution in [-0.2, 0) is 18.6 Å². The number of halogens is 1. The molecule has 1 aliphatic carbocycles. The van der Waals surface area contributed by atoms with Crippen molar-refractivity contribution in [2.24, 2.45) is 0 Å². The summed E-state index contributed by atoms with van der Waals surface area (Å²) in [5.74, 6) is 0.928. The number of nitriles is 1. The Kier molecular flexibility index (Phi) is 10.8. The number of oxazole rings is 1. The summed E-state index contributed by atoms with van der Waals surface area (Å²) in [6.45, 7) is 2.72. The van der Waals surface area contributed by atoms with Crippen LogP contribution >= 0.6 is 11.6 Å². The lowest BCUT2D eigenvalue weighted by Gasteiger charge is -2.36. The number of allylic oxidation sites excluding steroid dienone is 2. The number of aromatic nitrogens is 4. The quantitative estimate of drug-likeness (QED) is 0.100. The van der Waals surface area contributed by atoms with Crippen molar-refractivity contribution in [1.29, 1.82) is 5.26 Å². The lowest BCUT2D eigenvalue weighted by Crippen LogP contribution is -2.52. The normalized spacial score (nSPS) is 16.1. The van der Waals surface area contributed by atoms with Crippen LogP contribution in [0.25, 0.3) is 16.7 Å². The molecule has 282 valence electrons. The van der Waals surface area contributed by atoms with E-state index >= 15 is 0 Å². The van der Waals surface area contributed by atoms with E-state index in [0.29, 0.717) is 41.7 Å². The van der Waals surface area contributed by atoms with Gasteiger partial charge in [-0.3, -0.25) is 9.78 Å². The number of hydrogen-bond donors (Lipinski definition) is 3. The molecule has 4 heterocycles. The number of hydrogen-bond acceptors (Lipinski definition) is 12. The fourth-order valence-electron chi connectivity index (χ4n) is 6.46. The van der Waals surface area contributed by atoms with Gasteiger partial charge in [0.05, 0.1) is 32.3 Å². The molecule has 2 unspecified atom stereocenters. The molecule has 1 amide bonds. The van der Waals surface area contributed by atoms with E-state index in [-0.39, 0.29) is 22.7 Å². The van der Waals surface area contributed by atoms with Crippen LogP contribution in [-0.4, -0.2) is 52.5 Å². The summed E-state index contributed by atoms with van der Waals surface area (Å²) in [7, 11) is 4.63. The molecule has 0 spiro atoms. The van der Waals surface area contributed by atoms with Gasteiger partial charge in [0.2, 0.25) is 17.7 Å². The Bertz CT molecular complexity index is 2530. The summed E-state index contributed by atoms with van der Waals surface area (Å²) in [6.07, 6.45) is 10.3. The number of carbonyl (C=O) groups is 1. The van der Waals surface area contributed by atoms with Gasteiger partial charge in [-0.2, -0.15) is 5.26 Å². The minimum atomic E-state index is -1.52. The van der Waals surface area contributed by atoms with Gasteiger partial charge in [-0.25, -0.2) is 15.0 Å². The maximum Gasteiger partial charge on any atom is 0.271 e. The van der Waals surface area contributed by atoms with Crippen LogP contribution in [0.3, 0.4) is 0 Å². The first-order valence-electron chi connectivity index (χ1n) is 17.5. The molecule has 2 aromatic carbocycles. The van der Waals surface area contributed by atoms with Crippen molar-refractivity contribution in [2.45, 2.75) is 30.9 Å². The lowest BCUT2D eigenvalue weighted by atomic mass is 9.81. The summed E-state index contributed by atoms with van der Waals surface area (Å²) in [5, 5.41) is 19.1. The number of aryl methyl sites for hydroxylation is 1. The average molecular weight is 769 g/mol. The largest absolute Gasteiger partial charge is 0.496 e. The van der Waals surface area contributed by atoms with E-state index < -0.39 is 16.8 Å². The third-order valence-corrected chi connectivity index (χ3v) is 9.95. The van der Waals surface area contributed by atoms with E-state index in [0.717, 1.165) is 33.6 Å². The second-order valence-corrected chi connectivity index (χ2v) is 13.3. The molecular formula is C42H37ClN8O5. The second-order valence-electron chi connectivity index (χ2n) is 12.9. The van der Waals surface area contributed by atoms with Gasteiger partial charge in [-0.05, 0) is 59.5 Å². The predicted octanol–water partition coefficient (Wildman–Crippen LogP) is 7.33. The van der Waals surface area contributed by atoms with Crippen molar-refractivity contribution in [3.8, 4) is 23.6 Å². The molecule has 7 rings (SSSR count). The Labute approximate surface area is 328 Å². The number of alkyl halides is 1. The SMILES string of the molecule is COc1cc(NCc2cc(C#N)c3oc(C4(NC(=O)c5cc(OC)c(CNc6ccnc(OC)c6)cn5)C=CC=C(c5ccccc5C)C4Cl)nc3c2)ccn1. The van der Waals surface area contributed by atoms with Crippen LogP contribution in [0.5, 0.6) is 17.5 Å². The summed E-state index contributed by atoms with van der Waals surface area (Å²) < 4.78 is 22.6. The number of amides is 1. The molecule has 2 atom stereocenters. The van der Waals surface area contributed by atoms with Crippen molar-refractivity contribution in [2.75, 3.05) is 32.0 Å². The summed E-state index contributed by atoms with van der Waals surface area (Å²) >= 11 is 7.47. The molecule has 0 radical (unpaired) electrons. The third kappa shape index (κ3) is 7.55. The number of benzene rings is 2. The molecule has 0 bridgehead atoms. The van der Waals surface area contributed by atoms with Crippen molar-refractivity contribution >= 4 is 45.6 Å². The van der Waals surface area contributed by atoms with Crippen LogP contribution in [0, 0.1) is 18.3 Å². The zero-order valence-electron chi connectivity index (χ0n) is 31.0. The number of pyridine rings is 3. The summed E-state index contributed by atoms with van der Waals surface area (Å²) in [4.78, 5) is 32.0. The van der Waals surface area contributed by atoms with Crippen LogP contribution in [0.1, 0.15) is 44.2 Å². The summed E-state index contributed by atoms with van der Waals surface area (Å²) in [5.41, 5.74) is 5.21. The third-order valence-electron chi connectivity index (χ3n) is 9.37. The van der Waals surface area contributed by atoms with Gasteiger partial charge in [0, 0.05) is 66.8 Å². The molecule has 0 saturated heterocycles. The van der Waals surface area contributed by atoms with Gasteiger partial charge in [-0.1, -0.05) is 36.4 Å². The van der Waals surface area contributed by atoms with Gasteiger partial charge in [0.1, 0.15) is 23.0 Å². The highest BCUT2D eigenvalue weighted by atomic mass is 35.5. The van der Waals surface area contributed by atoms with E-state index in [1.165, 1.54) is 7.11 Å². The minimum absolute atomic E-state index is 0.0785. The van der Waals surface area contributed by atoms with Crippen molar-refractivity contribution in [3.05, 3.63) is 143 Å². The molecule has 13 nitrogen and oxygen atoms in total. The first kappa shape index (κ1) is 37.4. The topological polar surface area (TPSA) is 169 Å². The maximum atomic E-state index is 14.3. The molecule has 56 heavy (non-hydrogen) atoms. The monoisotopic (exact) mass is 768 g/mol. The highest BCUT2D eigenvalue weighted by molar-refractivity contribution is 6.28. The fourth-order valence-corrected chi connectivity index (χ4v) is 6.87. The van der Waals surface area contributed by atoms with E-state index in [1.807, 2.05) is 61.5 Å². The summed E-state index contributed by atoms with van der Waals surface area (Å²) in [6, 6.07) is 22.4. The molecule has 0 aliphatic heterocycles. The Morgan fingerprint density at radius 3 is 2.32 bits per heavy atom. The average Bonchev–Trinajstić information content (AvgIpc) is 3.68. The first-order valence-corrected chi connectivity index (χ1v) is 18.0. The number of nitrogens with zero attached hydrogens (tertiary/aromatic N) is 5. The van der Waals surface area contributed by atoms with Gasteiger partial charge >= 0.3 is 0 Å². The van der Waals surface area contributed by atoms with Crippen LogP contribution in [0.15, 0.2) is 108 Å². The number of methoxy groups -OCH3 is 3. The second kappa shape index (κ2) is 16.2. The van der Waals surface area contributed by atoms with E-state index in [4.69, 9.17) is 35.2 Å². The molecule has 0 saturated carbocycles. The van der Waals surface area contributed by atoms with Crippen LogP contribution in [0.2, 0.25) is 0 Å². The first-order chi connectivity index (χ1) is 27.2. The number of rotatable bonds is 13. The smallest absolute Gasteiger partial charge is 0.271 e. The van der Waals surface area contributed by atoms with Crippen LogP contribution < -0.4 is 30.2 Å². The predicted molar refractivity (Wildman–Crippen MR) is 213 cm³/mol. The van der Waals surface area contributed by atoms with Gasteiger partial charge in [-0.15, -0.1) is 11.6 Å². The van der Waals surface area contributed by atoms with Crippen molar-refractivity contribution in [3.63, 3.8) is 0 Å². The lowest BCUT2D eigenvalue weighted by molar-refractivity contribution is 0.0901. The molecule has 4 aromatic heterocycles. The fraction of sp³-hybridized carbons (Fsp3) is 0.190. The zero-order valence-corrected chi connectivity index (χ0v) is 31.7. The maximum absolute atomic E-state index is 14.3. The number of anilines is 2. The van der Waals surface area contributed by atoms with Gasteiger partial charge < -0.3 is 34.6 Å². The Hall–Kier alpha value is -6.91. The highest BCUT2D eigenvalue weighted by Gasteiger charge is 2.47. The molecule has 3 N–H and O–H groups in total. The van der Waals surface area contributed by atoms with E-state index in [1.54, 1.807) is 63.2 Å². The van der Waals surface area contributed by atoms with Gasteiger partial charge in [0.25, 0.3) is 5.91 Å². The Balaban J connectivity index is 1.23. The molecular weight excluding hydrogens is 732 g/mol. The number of ether oxygens (including phenoxy) is 3. The molecule has 14 heteroatoms. The van der Waals surface area contributed by atoms with Gasteiger partial charge in [0.15, 0.2) is 11.1 Å². The zero-order chi connectivity index (χ0) is 39.2. The number of nitrogens with one attached hydrogen (secondary N) is 3.